The zero-order chi connectivity index (χ0) is 27.1. The smallest absolute Gasteiger partial charge is 0.327 e. The first-order chi connectivity index (χ1) is 17.7. The number of aryl methyl sites for hydroxylation is 1. The van der Waals surface area contributed by atoms with Crippen LogP contribution >= 0.6 is 34.8 Å². The average Bonchev–Trinajstić information content (AvgIpc) is 3.27. The van der Waals surface area contributed by atoms with Gasteiger partial charge in [-0.15, -0.1) is 0 Å². The number of rotatable bonds is 9. The average molecular weight is 570 g/mol. The molecule has 0 saturated heterocycles. The minimum atomic E-state index is -0.597. The van der Waals surface area contributed by atoms with Crippen molar-refractivity contribution in [2.45, 2.75) is 13.5 Å². The number of nitrogens with one attached hydrogen (secondary N) is 3. The number of benzene rings is 1. The molecule has 2 aromatic heterocycles. The third-order valence-corrected chi connectivity index (χ3v) is 5.79. The van der Waals surface area contributed by atoms with Gasteiger partial charge in [0.25, 0.3) is 0 Å². The minimum absolute atomic E-state index is 0.102. The van der Waals surface area contributed by atoms with Crippen molar-refractivity contribution >= 4 is 75.6 Å². The number of ether oxygens (including phenoxy) is 2. The molecule has 196 valence electrons. The first-order valence-electron chi connectivity index (χ1n) is 10.6. The first kappa shape index (κ1) is 27.8. The summed E-state index contributed by atoms with van der Waals surface area (Å²) in [6, 6.07) is 2.43. The molecule has 0 aliphatic heterocycles. The second-order valence-corrected chi connectivity index (χ2v) is 8.20. The van der Waals surface area contributed by atoms with E-state index in [0.29, 0.717) is 23.9 Å². The van der Waals surface area contributed by atoms with E-state index < -0.39 is 11.9 Å². The van der Waals surface area contributed by atoms with E-state index >= 15 is 0 Å². The quantitative estimate of drug-likeness (QED) is 0.302. The highest BCUT2D eigenvalue weighted by atomic mass is 35.5. The summed E-state index contributed by atoms with van der Waals surface area (Å²) in [6.45, 7) is 2.46. The van der Waals surface area contributed by atoms with Crippen LogP contribution in [0.25, 0.3) is 0 Å². The van der Waals surface area contributed by atoms with E-state index in [4.69, 9.17) is 44.3 Å². The van der Waals surface area contributed by atoms with Gasteiger partial charge in [-0.1, -0.05) is 34.8 Å². The summed E-state index contributed by atoms with van der Waals surface area (Å²) in [4.78, 5) is 34.5. The lowest BCUT2D eigenvalue weighted by molar-refractivity contribution is -0.111. The molecular formula is C22H23Cl3N8O4. The van der Waals surface area contributed by atoms with Crippen LogP contribution < -0.4 is 30.3 Å². The molecule has 0 aliphatic carbocycles. The second-order valence-electron chi connectivity index (χ2n) is 7.19. The van der Waals surface area contributed by atoms with Gasteiger partial charge in [0, 0.05) is 37.3 Å². The minimum Gasteiger partial charge on any atom is -0.495 e. The van der Waals surface area contributed by atoms with Crippen molar-refractivity contribution in [2.24, 2.45) is 0 Å². The zero-order valence-corrected chi connectivity index (χ0v) is 22.4. The van der Waals surface area contributed by atoms with Crippen LogP contribution in [0.5, 0.6) is 11.5 Å². The number of methoxy groups -OCH3 is 2. The summed E-state index contributed by atoms with van der Waals surface area (Å²) < 4.78 is 12.1. The molecule has 37 heavy (non-hydrogen) atoms. The van der Waals surface area contributed by atoms with Crippen LogP contribution in [0.3, 0.4) is 0 Å². The summed E-state index contributed by atoms with van der Waals surface area (Å²) in [5, 5.41) is 12.9. The van der Waals surface area contributed by atoms with Crippen molar-refractivity contribution in [3.63, 3.8) is 0 Å². The third-order valence-electron chi connectivity index (χ3n) is 4.91. The van der Waals surface area contributed by atoms with Gasteiger partial charge in [-0.05, 0) is 6.92 Å². The van der Waals surface area contributed by atoms with Gasteiger partial charge in [0.15, 0.2) is 5.82 Å². The van der Waals surface area contributed by atoms with Gasteiger partial charge < -0.3 is 25.4 Å². The number of carbonyl (C=O) groups excluding carboxylic acids is 2. The van der Waals surface area contributed by atoms with Crippen LogP contribution in [0.15, 0.2) is 36.3 Å². The van der Waals surface area contributed by atoms with E-state index in [9.17, 15) is 9.59 Å². The van der Waals surface area contributed by atoms with Gasteiger partial charge in [-0.3, -0.25) is 14.4 Å². The summed E-state index contributed by atoms with van der Waals surface area (Å²) in [5.74, 6) is 0.990. The van der Waals surface area contributed by atoms with E-state index in [1.165, 1.54) is 50.7 Å². The molecule has 0 atom stereocenters. The van der Waals surface area contributed by atoms with E-state index in [1.807, 2.05) is 6.92 Å². The molecule has 12 nitrogen and oxygen atoms in total. The molecule has 3 amide bonds. The highest BCUT2D eigenvalue weighted by Crippen LogP contribution is 2.44. The van der Waals surface area contributed by atoms with E-state index in [2.05, 4.69) is 31.0 Å². The van der Waals surface area contributed by atoms with E-state index in [0.717, 1.165) is 5.54 Å². The van der Waals surface area contributed by atoms with Crippen LogP contribution in [0.1, 0.15) is 6.92 Å². The normalized spacial score (nSPS) is 10.8. The number of halogens is 3. The number of anilines is 5. The zero-order valence-electron chi connectivity index (χ0n) is 20.2. The Kier molecular flexibility index (Phi) is 9.39. The van der Waals surface area contributed by atoms with Gasteiger partial charge in [-0.2, -0.15) is 5.10 Å². The fraction of sp³-hybridized carbons (Fsp3) is 0.227. The Hall–Kier alpha value is -3.74. The van der Waals surface area contributed by atoms with Crippen LogP contribution in [-0.2, 0) is 11.3 Å². The molecule has 0 saturated carbocycles. The topological polar surface area (TPSA) is 136 Å². The molecule has 3 rings (SSSR count). The largest absolute Gasteiger partial charge is 0.495 e. The maximum absolute atomic E-state index is 13.0. The summed E-state index contributed by atoms with van der Waals surface area (Å²) in [5.41, 5.74) is 1.62. The van der Waals surface area contributed by atoms with Crippen LogP contribution in [-0.4, -0.2) is 53.0 Å². The van der Waals surface area contributed by atoms with Crippen molar-refractivity contribution in [1.82, 2.24) is 19.7 Å². The number of hydrogen-bond acceptors (Lipinski definition) is 8. The molecule has 1 aromatic carbocycles. The molecule has 15 heteroatoms. The molecular weight excluding hydrogens is 547 g/mol. The van der Waals surface area contributed by atoms with Crippen LogP contribution in [0, 0.1) is 0 Å². The Bertz CT molecular complexity index is 1300. The third kappa shape index (κ3) is 6.53. The van der Waals surface area contributed by atoms with E-state index in [1.54, 1.807) is 10.9 Å². The summed E-state index contributed by atoms with van der Waals surface area (Å²) >= 11 is 18.2. The van der Waals surface area contributed by atoms with Gasteiger partial charge >= 0.3 is 6.03 Å². The number of urea groups is 1. The van der Waals surface area contributed by atoms with Crippen molar-refractivity contribution in [1.29, 1.82) is 0 Å². The number of hydrogen-bond donors (Lipinski definition) is 3. The Balaban J connectivity index is 1.83. The van der Waals surface area contributed by atoms with Gasteiger partial charge in [0.1, 0.15) is 45.2 Å². The molecule has 0 radical (unpaired) electrons. The van der Waals surface area contributed by atoms with Gasteiger partial charge in [-0.25, -0.2) is 14.8 Å². The number of carbonyl (C=O) groups is 2. The Labute approximate surface area is 227 Å². The number of amides is 3. The summed E-state index contributed by atoms with van der Waals surface area (Å²) in [6.07, 6.45) is 4.09. The second kappa shape index (κ2) is 12.5. The lowest BCUT2D eigenvalue weighted by atomic mass is 10.2. The molecule has 0 fully saturated rings. The van der Waals surface area contributed by atoms with Crippen molar-refractivity contribution < 1.29 is 19.1 Å². The maximum atomic E-state index is 13.0. The SMILES string of the molecule is CCn1cc(NC(=O)C=CCl)c(Nc2cc(N(C)C(=O)Nc3c(Cl)c(OC)cc(OC)c3Cl)ncn2)n1. The highest BCUT2D eigenvalue weighted by Gasteiger charge is 2.22. The maximum Gasteiger partial charge on any atom is 0.327 e. The highest BCUT2D eigenvalue weighted by molar-refractivity contribution is 6.41. The van der Waals surface area contributed by atoms with Crippen molar-refractivity contribution in [3.8, 4) is 11.5 Å². The predicted octanol–water partition coefficient (Wildman–Crippen LogP) is 5.12. The molecule has 3 N–H and O–H groups in total. The first-order valence-corrected chi connectivity index (χ1v) is 11.8. The Morgan fingerprint density at radius 2 is 1.78 bits per heavy atom. The monoisotopic (exact) mass is 568 g/mol. The van der Waals surface area contributed by atoms with Crippen LogP contribution in [0.4, 0.5) is 33.6 Å². The van der Waals surface area contributed by atoms with Gasteiger partial charge in [0.2, 0.25) is 5.91 Å². The van der Waals surface area contributed by atoms with Gasteiger partial charge in [0.05, 0.1) is 26.1 Å². The van der Waals surface area contributed by atoms with E-state index in [-0.39, 0.29) is 33.0 Å². The lowest BCUT2D eigenvalue weighted by Gasteiger charge is -2.20. The van der Waals surface area contributed by atoms with Crippen molar-refractivity contribution in [2.75, 3.05) is 42.1 Å². The predicted molar refractivity (Wildman–Crippen MR) is 144 cm³/mol. The number of nitrogens with zero attached hydrogens (tertiary/aromatic N) is 5. The Morgan fingerprint density at radius 1 is 1.11 bits per heavy atom. The summed E-state index contributed by atoms with van der Waals surface area (Å²) in [7, 11) is 4.35. The molecule has 3 aromatic rings. The molecule has 0 bridgehead atoms. The Morgan fingerprint density at radius 3 is 2.38 bits per heavy atom. The molecule has 2 heterocycles. The lowest BCUT2D eigenvalue weighted by Crippen LogP contribution is -2.32. The van der Waals surface area contributed by atoms with Crippen molar-refractivity contribution in [3.05, 3.63) is 46.3 Å². The molecule has 0 spiro atoms. The number of aromatic nitrogens is 4. The van der Waals surface area contributed by atoms with Crippen LogP contribution in [0.2, 0.25) is 10.0 Å². The fourth-order valence-electron chi connectivity index (χ4n) is 3.01. The fourth-order valence-corrected chi connectivity index (χ4v) is 3.72. The molecule has 0 aliphatic rings. The standard InChI is InChI=1S/C22H23Cl3N8O4/c1-5-33-10-12(28-17(34)6-7-23)21(31-33)29-15-9-16(27-11-26-15)32(2)22(35)30-20-18(24)13(36-3)8-14(37-4)19(20)25/h6-11H,5H2,1-4H3,(H,28,34)(H,30,35)(H,26,27,29,31). The molecule has 0 unspecified atom stereocenters.